The molecule has 84 valence electrons. The first kappa shape index (κ1) is 11.7. The van der Waals surface area contributed by atoms with Gasteiger partial charge in [-0.2, -0.15) is 0 Å². The van der Waals surface area contributed by atoms with Crippen molar-refractivity contribution in [3.63, 3.8) is 0 Å². The molecule has 0 spiro atoms. The van der Waals surface area contributed by atoms with Crippen LogP contribution in [-0.4, -0.2) is 22.6 Å². The van der Waals surface area contributed by atoms with Crippen LogP contribution in [0, 0.1) is 0 Å². The molecule has 1 N–H and O–H groups in total. The van der Waals surface area contributed by atoms with E-state index in [2.05, 4.69) is 12.1 Å². The van der Waals surface area contributed by atoms with E-state index in [-0.39, 0.29) is 0 Å². The Labute approximate surface area is 89.6 Å². The van der Waals surface area contributed by atoms with Crippen molar-refractivity contribution < 1.29 is 14.5 Å². The number of aryl methyl sites for hydroxylation is 1. The molecule has 1 aromatic rings. The number of unbranched alkanes of at least 4 members (excludes halogenated alkanes) is 1. The Morgan fingerprint density at radius 1 is 1.67 bits per heavy atom. The highest BCUT2D eigenvalue weighted by molar-refractivity contribution is 5.72. The summed E-state index contributed by atoms with van der Waals surface area (Å²) in [5.41, 5.74) is 0. The van der Waals surface area contributed by atoms with E-state index in [0.717, 1.165) is 25.3 Å². The van der Waals surface area contributed by atoms with Gasteiger partial charge in [0.25, 0.3) is 0 Å². The van der Waals surface area contributed by atoms with Gasteiger partial charge in [-0.15, -0.1) is 0 Å². The summed E-state index contributed by atoms with van der Waals surface area (Å²) < 4.78 is 9.22. The van der Waals surface area contributed by atoms with E-state index < -0.39 is 0 Å². The Morgan fingerprint density at radius 2 is 2.47 bits per heavy atom. The maximum atomic E-state index is 8.50. The second-order valence-corrected chi connectivity index (χ2v) is 3.37. The van der Waals surface area contributed by atoms with Crippen molar-refractivity contribution in [1.29, 1.82) is 0 Å². The second kappa shape index (κ2) is 6.19. The van der Waals surface area contributed by atoms with Gasteiger partial charge >= 0.3 is 5.82 Å². The summed E-state index contributed by atoms with van der Waals surface area (Å²) in [6.07, 6.45) is 7.37. The minimum absolute atomic E-state index is 0.488. The zero-order valence-electron chi connectivity index (χ0n) is 9.26. The summed E-state index contributed by atoms with van der Waals surface area (Å²) in [6, 6.07) is 0. The summed E-state index contributed by atoms with van der Waals surface area (Å²) in [6.45, 7) is 3.37. The molecule has 0 saturated heterocycles. The van der Waals surface area contributed by atoms with E-state index in [1.165, 1.54) is 6.21 Å². The van der Waals surface area contributed by atoms with Gasteiger partial charge in [0.05, 0.1) is 13.7 Å². The van der Waals surface area contributed by atoms with Crippen molar-refractivity contribution in [2.45, 2.75) is 26.5 Å². The van der Waals surface area contributed by atoms with Gasteiger partial charge < -0.3 is 9.94 Å². The summed E-state index contributed by atoms with van der Waals surface area (Å²) in [4.78, 5) is 0. The fourth-order valence-corrected chi connectivity index (χ4v) is 1.27. The van der Waals surface area contributed by atoms with Gasteiger partial charge in [-0.25, -0.2) is 9.13 Å². The molecule has 15 heavy (non-hydrogen) atoms. The number of oxime groups is 1. The van der Waals surface area contributed by atoms with Crippen LogP contribution in [0.25, 0.3) is 0 Å². The third-order valence-corrected chi connectivity index (χ3v) is 2.17. The van der Waals surface area contributed by atoms with Gasteiger partial charge in [0.2, 0.25) is 0 Å². The van der Waals surface area contributed by atoms with Gasteiger partial charge in [0.1, 0.15) is 12.4 Å². The minimum atomic E-state index is 0.488. The predicted molar refractivity (Wildman–Crippen MR) is 55.8 cm³/mol. The summed E-state index contributed by atoms with van der Waals surface area (Å²) in [5.74, 6) is 0.800. The Kier molecular flexibility index (Phi) is 4.83. The molecule has 1 rings (SSSR count). The largest absolute Gasteiger partial charge is 0.411 e. The fourth-order valence-electron chi connectivity index (χ4n) is 1.27. The second-order valence-electron chi connectivity index (χ2n) is 3.37. The zero-order chi connectivity index (χ0) is 11.1. The highest BCUT2D eigenvalue weighted by atomic mass is 16.5. The SMILES string of the molecule is CCCCOCn1cc[n+](C)c1/C=N/O. The van der Waals surface area contributed by atoms with Crippen LogP contribution >= 0.6 is 0 Å². The number of hydrogen-bond donors (Lipinski definition) is 1. The average Bonchev–Trinajstić information content (AvgIpc) is 2.57. The number of aromatic nitrogens is 2. The molecule has 1 aromatic heterocycles. The van der Waals surface area contributed by atoms with E-state index >= 15 is 0 Å². The molecule has 5 heteroatoms. The molecule has 0 unspecified atom stereocenters. The van der Waals surface area contributed by atoms with Crippen LogP contribution in [0.1, 0.15) is 25.6 Å². The number of rotatable bonds is 6. The smallest absolute Gasteiger partial charge is 0.305 e. The molecule has 0 atom stereocenters. The van der Waals surface area contributed by atoms with E-state index in [1.807, 2.05) is 28.6 Å². The van der Waals surface area contributed by atoms with Crippen LogP contribution in [0.5, 0.6) is 0 Å². The van der Waals surface area contributed by atoms with E-state index in [0.29, 0.717) is 6.73 Å². The molecule has 0 aromatic carbocycles. The van der Waals surface area contributed by atoms with Crippen LogP contribution in [-0.2, 0) is 18.5 Å². The molecule has 0 saturated carbocycles. The van der Waals surface area contributed by atoms with Crippen LogP contribution < -0.4 is 4.57 Å². The Hall–Kier alpha value is -1.36. The molecule has 0 aliphatic rings. The lowest BCUT2D eigenvalue weighted by molar-refractivity contribution is -0.672. The molecule has 1 heterocycles. The molecule has 0 aliphatic carbocycles. The van der Waals surface area contributed by atoms with Crippen molar-refractivity contribution in [1.82, 2.24) is 4.57 Å². The predicted octanol–water partition coefficient (Wildman–Crippen LogP) is 0.895. The number of hydrogen-bond acceptors (Lipinski definition) is 3. The van der Waals surface area contributed by atoms with Crippen LogP contribution in [0.2, 0.25) is 0 Å². The van der Waals surface area contributed by atoms with Gasteiger partial charge in [-0.05, 0) is 6.42 Å². The Bertz CT molecular complexity index is 320. The first-order valence-electron chi connectivity index (χ1n) is 5.09. The third-order valence-electron chi connectivity index (χ3n) is 2.17. The highest BCUT2D eigenvalue weighted by Gasteiger charge is 2.11. The van der Waals surface area contributed by atoms with Crippen LogP contribution in [0.4, 0.5) is 0 Å². The van der Waals surface area contributed by atoms with Crippen molar-refractivity contribution in [3.05, 3.63) is 18.2 Å². The average molecular weight is 212 g/mol. The summed E-state index contributed by atoms with van der Waals surface area (Å²) >= 11 is 0. The molecule has 0 radical (unpaired) electrons. The maximum absolute atomic E-state index is 8.50. The van der Waals surface area contributed by atoms with Crippen molar-refractivity contribution in [2.75, 3.05) is 6.61 Å². The van der Waals surface area contributed by atoms with Crippen LogP contribution in [0.15, 0.2) is 17.5 Å². The van der Waals surface area contributed by atoms with E-state index in [1.54, 1.807) is 0 Å². The quantitative estimate of drug-likeness (QED) is 0.250. The lowest BCUT2D eigenvalue weighted by Gasteiger charge is -2.00. The van der Waals surface area contributed by atoms with Gasteiger partial charge in [0.15, 0.2) is 12.9 Å². The molecule has 5 nitrogen and oxygen atoms in total. The lowest BCUT2D eigenvalue weighted by atomic mass is 10.4. The molecule has 0 fully saturated rings. The van der Waals surface area contributed by atoms with Crippen molar-refractivity contribution in [3.8, 4) is 0 Å². The standard InChI is InChI=1S/C10H17N3O2/c1-3-4-7-15-9-13-6-5-12(2)10(13)8-11-14/h5-6,8H,3-4,7,9H2,1-2H3/p+1. The Balaban J connectivity index is 2.53. The van der Waals surface area contributed by atoms with E-state index in [4.69, 9.17) is 9.94 Å². The molecule has 0 amide bonds. The molecule has 0 aliphatic heterocycles. The highest BCUT2D eigenvalue weighted by Crippen LogP contribution is 1.95. The van der Waals surface area contributed by atoms with Gasteiger partial charge in [0, 0.05) is 0 Å². The van der Waals surface area contributed by atoms with Gasteiger partial charge in [-0.1, -0.05) is 18.5 Å². The number of nitrogens with zero attached hydrogens (tertiary/aromatic N) is 3. The summed E-state index contributed by atoms with van der Waals surface area (Å²) in [7, 11) is 1.89. The minimum Gasteiger partial charge on any atom is -0.411 e. The lowest BCUT2D eigenvalue weighted by Crippen LogP contribution is -2.32. The first-order valence-corrected chi connectivity index (χ1v) is 5.09. The normalized spacial score (nSPS) is 11.3. The number of ether oxygens (including phenoxy) is 1. The zero-order valence-corrected chi connectivity index (χ0v) is 9.26. The van der Waals surface area contributed by atoms with Crippen molar-refractivity contribution >= 4 is 6.21 Å². The van der Waals surface area contributed by atoms with Crippen LogP contribution in [0.3, 0.4) is 0 Å². The third kappa shape index (κ3) is 3.36. The molecular formula is C10H18N3O2+. The number of imidazole rings is 1. The Morgan fingerprint density at radius 3 is 3.13 bits per heavy atom. The first-order chi connectivity index (χ1) is 7.29. The molecular weight excluding hydrogens is 194 g/mol. The monoisotopic (exact) mass is 212 g/mol. The fraction of sp³-hybridized carbons (Fsp3) is 0.600. The summed E-state index contributed by atoms with van der Waals surface area (Å²) in [5, 5.41) is 11.5. The van der Waals surface area contributed by atoms with Crippen molar-refractivity contribution in [2.24, 2.45) is 12.2 Å². The topological polar surface area (TPSA) is 50.6 Å². The van der Waals surface area contributed by atoms with E-state index in [9.17, 15) is 0 Å². The maximum Gasteiger partial charge on any atom is 0.305 e. The van der Waals surface area contributed by atoms with Gasteiger partial charge in [-0.3, -0.25) is 0 Å². The molecule has 0 bridgehead atoms.